The smallest absolute Gasteiger partial charge is 0.319 e. The van der Waals surface area contributed by atoms with E-state index >= 15 is 0 Å². The number of nitrogens with zero attached hydrogens (tertiary/aromatic N) is 1. The zero-order valence-corrected chi connectivity index (χ0v) is 13.2. The van der Waals surface area contributed by atoms with Gasteiger partial charge in [-0.05, 0) is 31.7 Å². The lowest BCUT2D eigenvalue weighted by molar-refractivity contribution is -0.149. The number of carbonyl (C=O) groups excluding carboxylic acids is 2. The van der Waals surface area contributed by atoms with Gasteiger partial charge in [0, 0.05) is 13.1 Å². The van der Waals surface area contributed by atoms with Crippen molar-refractivity contribution < 1.29 is 19.4 Å². The molecular weight excluding hydrogens is 294 g/mol. The highest BCUT2D eigenvalue weighted by Crippen LogP contribution is 2.53. The van der Waals surface area contributed by atoms with E-state index in [1.54, 1.807) is 11.8 Å². The Labute approximate surface area is 135 Å². The standard InChI is InChI=1S/C18H21NO4/c1-2-23-17(22)18(9-10-18)15(20)14-8-11-19(16(14)21)12-13-6-4-3-5-7-13/h3-7,20H,2,8-12H2,1H3/b15-14+. The van der Waals surface area contributed by atoms with E-state index in [1.807, 2.05) is 30.3 Å². The molecule has 23 heavy (non-hydrogen) atoms. The maximum atomic E-state index is 12.6. The number of esters is 1. The first-order valence-electron chi connectivity index (χ1n) is 8.01. The summed E-state index contributed by atoms with van der Waals surface area (Å²) in [5.74, 6) is -0.669. The zero-order chi connectivity index (χ0) is 16.4. The molecule has 2 aliphatic rings. The molecule has 3 rings (SSSR count). The molecule has 0 aromatic heterocycles. The van der Waals surface area contributed by atoms with Crippen molar-refractivity contribution in [3.8, 4) is 0 Å². The fourth-order valence-electron chi connectivity index (χ4n) is 3.04. The van der Waals surface area contributed by atoms with Crippen LogP contribution in [0.4, 0.5) is 0 Å². The molecule has 1 aromatic carbocycles. The largest absolute Gasteiger partial charge is 0.511 e. The summed E-state index contributed by atoms with van der Waals surface area (Å²) in [5, 5.41) is 10.5. The number of carbonyl (C=O) groups is 2. The first-order chi connectivity index (χ1) is 11.1. The van der Waals surface area contributed by atoms with Gasteiger partial charge in [0.2, 0.25) is 0 Å². The molecule has 1 saturated carbocycles. The van der Waals surface area contributed by atoms with Crippen molar-refractivity contribution >= 4 is 11.9 Å². The molecule has 122 valence electrons. The average molecular weight is 315 g/mol. The van der Waals surface area contributed by atoms with Gasteiger partial charge in [-0.1, -0.05) is 30.3 Å². The average Bonchev–Trinajstić information content (AvgIpc) is 3.30. The van der Waals surface area contributed by atoms with E-state index in [4.69, 9.17) is 4.74 Å². The predicted octanol–water partition coefficient (Wildman–Crippen LogP) is 2.57. The van der Waals surface area contributed by atoms with Crippen LogP contribution in [0.1, 0.15) is 31.7 Å². The molecule has 2 fully saturated rings. The fourth-order valence-corrected chi connectivity index (χ4v) is 3.04. The second-order valence-corrected chi connectivity index (χ2v) is 6.09. The molecule has 1 heterocycles. The highest BCUT2D eigenvalue weighted by Gasteiger charge is 2.57. The number of likely N-dealkylation sites (tertiary alicyclic amines) is 1. The summed E-state index contributed by atoms with van der Waals surface area (Å²) >= 11 is 0. The van der Waals surface area contributed by atoms with Crippen LogP contribution in [-0.4, -0.2) is 35.0 Å². The van der Waals surface area contributed by atoms with Gasteiger partial charge in [-0.25, -0.2) is 0 Å². The van der Waals surface area contributed by atoms with Gasteiger partial charge >= 0.3 is 5.97 Å². The molecule has 1 saturated heterocycles. The van der Waals surface area contributed by atoms with Gasteiger partial charge in [-0.2, -0.15) is 0 Å². The Kier molecular flexibility index (Phi) is 4.11. The Hall–Kier alpha value is -2.30. The van der Waals surface area contributed by atoms with Crippen molar-refractivity contribution in [2.24, 2.45) is 5.41 Å². The molecular formula is C18H21NO4. The van der Waals surface area contributed by atoms with Crippen LogP contribution in [0.25, 0.3) is 0 Å². The summed E-state index contributed by atoms with van der Waals surface area (Å²) in [7, 11) is 0. The number of hydrogen-bond acceptors (Lipinski definition) is 4. The lowest BCUT2D eigenvalue weighted by atomic mass is 9.99. The number of rotatable bonds is 5. The van der Waals surface area contributed by atoms with E-state index in [2.05, 4.69) is 0 Å². The number of hydrogen-bond donors (Lipinski definition) is 1. The van der Waals surface area contributed by atoms with Crippen molar-refractivity contribution in [3.63, 3.8) is 0 Å². The van der Waals surface area contributed by atoms with Crippen LogP contribution < -0.4 is 0 Å². The van der Waals surface area contributed by atoms with Crippen LogP contribution in [0, 0.1) is 5.41 Å². The highest BCUT2D eigenvalue weighted by atomic mass is 16.5. The van der Waals surface area contributed by atoms with E-state index in [-0.39, 0.29) is 18.3 Å². The predicted molar refractivity (Wildman–Crippen MR) is 84.4 cm³/mol. The number of aliphatic hydroxyl groups excluding tert-OH is 1. The van der Waals surface area contributed by atoms with Gasteiger partial charge < -0.3 is 14.7 Å². The highest BCUT2D eigenvalue weighted by molar-refractivity contribution is 5.98. The third kappa shape index (κ3) is 2.83. The number of ether oxygens (including phenoxy) is 1. The summed E-state index contributed by atoms with van der Waals surface area (Å²) in [6.45, 7) is 3.09. The maximum absolute atomic E-state index is 12.6. The van der Waals surface area contributed by atoms with E-state index in [9.17, 15) is 14.7 Å². The molecule has 1 N–H and O–H groups in total. The minimum Gasteiger partial charge on any atom is -0.511 e. The van der Waals surface area contributed by atoms with Crippen LogP contribution in [0.3, 0.4) is 0 Å². The fraction of sp³-hybridized carbons (Fsp3) is 0.444. The van der Waals surface area contributed by atoms with Gasteiger partial charge in [-0.15, -0.1) is 0 Å². The summed E-state index contributed by atoms with van der Waals surface area (Å²) in [6, 6.07) is 9.74. The Morgan fingerprint density at radius 3 is 2.61 bits per heavy atom. The number of amides is 1. The molecule has 1 aliphatic heterocycles. The molecule has 1 amide bonds. The summed E-state index contributed by atoms with van der Waals surface area (Å²) in [4.78, 5) is 26.3. The molecule has 0 unspecified atom stereocenters. The molecule has 1 aliphatic carbocycles. The van der Waals surface area contributed by atoms with E-state index in [1.165, 1.54) is 0 Å². The minimum absolute atomic E-state index is 0.0727. The van der Waals surface area contributed by atoms with Crippen molar-refractivity contribution in [1.29, 1.82) is 0 Å². The van der Waals surface area contributed by atoms with Crippen LogP contribution in [-0.2, 0) is 20.9 Å². The lowest BCUT2D eigenvalue weighted by Crippen LogP contribution is -2.27. The van der Waals surface area contributed by atoms with Gasteiger partial charge in [0.1, 0.15) is 11.2 Å². The first-order valence-corrected chi connectivity index (χ1v) is 8.01. The quantitative estimate of drug-likeness (QED) is 0.515. The molecule has 0 radical (unpaired) electrons. The van der Waals surface area contributed by atoms with Crippen molar-refractivity contribution in [2.45, 2.75) is 32.7 Å². The van der Waals surface area contributed by atoms with Gasteiger partial charge in [0.05, 0.1) is 12.2 Å². The molecule has 5 nitrogen and oxygen atoms in total. The van der Waals surface area contributed by atoms with Crippen LogP contribution in [0.5, 0.6) is 0 Å². The summed E-state index contributed by atoms with van der Waals surface area (Å²) in [6.07, 6.45) is 1.57. The molecule has 1 aromatic rings. The van der Waals surface area contributed by atoms with Crippen molar-refractivity contribution in [3.05, 3.63) is 47.2 Å². The third-order valence-corrected chi connectivity index (χ3v) is 4.55. The molecule has 0 atom stereocenters. The Bertz CT molecular complexity index is 646. The van der Waals surface area contributed by atoms with Crippen LogP contribution in [0.2, 0.25) is 0 Å². The second kappa shape index (κ2) is 6.07. The summed E-state index contributed by atoms with van der Waals surface area (Å²) in [5.41, 5.74) is 0.448. The second-order valence-electron chi connectivity index (χ2n) is 6.09. The molecule has 0 spiro atoms. The Morgan fingerprint density at radius 2 is 2.00 bits per heavy atom. The van der Waals surface area contributed by atoms with Crippen molar-refractivity contribution in [1.82, 2.24) is 4.90 Å². The SMILES string of the molecule is CCOC(=O)C1(/C(O)=C2/CCN(Cc3ccccc3)C2=O)CC1. The van der Waals surface area contributed by atoms with E-state index in [0.29, 0.717) is 37.9 Å². The van der Waals surface area contributed by atoms with Crippen LogP contribution in [0.15, 0.2) is 41.7 Å². The normalized spacial score (nSPS) is 21.3. The Balaban J connectivity index is 1.77. The minimum atomic E-state index is -0.968. The number of aliphatic hydroxyl groups is 1. The Morgan fingerprint density at radius 1 is 1.30 bits per heavy atom. The molecule has 0 bridgehead atoms. The summed E-state index contributed by atoms with van der Waals surface area (Å²) < 4.78 is 5.05. The monoisotopic (exact) mass is 315 g/mol. The lowest BCUT2D eigenvalue weighted by Gasteiger charge is -2.17. The van der Waals surface area contributed by atoms with Gasteiger partial charge in [-0.3, -0.25) is 9.59 Å². The van der Waals surface area contributed by atoms with E-state index in [0.717, 1.165) is 5.56 Å². The third-order valence-electron chi connectivity index (χ3n) is 4.55. The first kappa shape index (κ1) is 15.6. The van der Waals surface area contributed by atoms with Gasteiger partial charge in [0.15, 0.2) is 0 Å². The maximum Gasteiger partial charge on any atom is 0.319 e. The van der Waals surface area contributed by atoms with Crippen molar-refractivity contribution in [2.75, 3.05) is 13.2 Å². The topological polar surface area (TPSA) is 66.8 Å². The van der Waals surface area contributed by atoms with Gasteiger partial charge in [0.25, 0.3) is 5.91 Å². The van der Waals surface area contributed by atoms with Crippen LogP contribution >= 0.6 is 0 Å². The zero-order valence-electron chi connectivity index (χ0n) is 13.2. The van der Waals surface area contributed by atoms with E-state index < -0.39 is 11.4 Å². The molecule has 5 heteroatoms. The number of benzene rings is 1.